The Morgan fingerprint density at radius 3 is 2.89 bits per heavy atom. The highest BCUT2D eigenvalue weighted by molar-refractivity contribution is 5.80. The van der Waals surface area contributed by atoms with Crippen LogP contribution in [0, 0.1) is 0 Å². The lowest BCUT2D eigenvalue weighted by Gasteiger charge is -2.37. The number of aromatic nitrogens is 5. The Hall–Kier alpha value is -3.82. The summed E-state index contributed by atoms with van der Waals surface area (Å²) in [5, 5.41) is 3.92. The predicted octanol–water partition coefficient (Wildman–Crippen LogP) is 1.06. The first-order valence-electron chi connectivity index (χ1n) is 8.65. The van der Waals surface area contributed by atoms with Gasteiger partial charge in [-0.3, -0.25) is 14.3 Å². The van der Waals surface area contributed by atoms with E-state index in [9.17, 15) is 9.59 Å². The normalized spacial score (nSPS) is 14.4. The fourth-order valence-electron chi connectivity index (χ4n) is 3.16. The van der Waals surface area contributed by atoms with E-state index in [1.165, 1.54) is 4.57 Å². The van der Waals surface area contributed by atoms with E-state index in [1.807, 2.05) is 0 Å². The highest BCUT2D eigenvalue weighted by Crippen LogP contribution is 2.27. The van der Waals surface area contributed by atoms with Crippen molar-refractivity contribution in [2.75, 3.05) is 13.1 Å². The molecule has 0 atom stereocenters. The second kappa shape index (κ2) is 6.41. The van der Waals surface area contributed by atoms with Crippen LogP contribution in [0.5, 0.6) is 0 Å². The third kappa shape index (κ3) is 2.75. The molecule has 3 aromatic heterocycles. The minimum Gasteiger partial charge on any atom is -0.408 e. The molecule has 0 spiro atoms. The maximum atomic E-state index is 12.5. The topological polar surface area (TPSA) is 120 Å². The molecule has 0 N–H and O–H groups in total. The first-order valence-corrected chi connectivity index (χ1v) is 8.65. The van der Waals surface area contributed by atoms with Gasteiger partial charge in [0.05, 0.1) is 17.6 Å². The molecule has 28 heavy (non-hydrogen) atoms. The Kier molecular flexibility index (Phi) is 3.75. The number of hydrogen-bond acceptors (Lipinski definition) is 8. The summed E-state index contributed by atoms with van der Waals surface area (Å²) in [5.74, 6) is 0.0651. The van der Waals surface area contributed by atoms with Gasteiger partial charge in [0.2, 0.25) is 17.6 Å². The number of amides is 1. The van der Waals surface area contributed by atoms with Crippen molar-refractivity contribution >= 4 is 17.0 Å². The number of oxazole rings is 1. The molecule has 1 fully saturated rings. The largest absolute Gasteiger partial charge is 0.420 e. The van der Waals surface area contributed by atoms with E-state index >= 15 is 0 Å². The molecule has 0 saturated carbocycles. The summed E-state index contributed by atoms with van der Waals surface area (Å²) in [5.41, 5.74) is 1.59. The van der Waals surface area contributed by atoms with Crippen molar-refractivity contribution < 1.29 is 13.7 Å². The van der Waals surface area contributed by atoms with Crippen molar-refractivity contribution in [2.24, 2.45) is 0 Å². The van der Waals surface area contributed by atoms with Gasteiger partial charge < -0.3 is 13.8 Å². The minimum absolute atomic E-state index is 0.0420. The quantitative estimate of drug-likeness (QED) is 0.517. The molecule has 140 valence electrons. The standard InChI is InChI=1S/C18H14N6O4/c25-15(10-24-13-3-1-2-4-14(13)27-18(24)26)23-8-11(9-23)17-21-16(22-28-17)12-7-19-5-6-20-12/h1-7,11H,8-10H2. The average Bonchev–Trinajstić information content (AvgIpc) is 3.27. The van der Waals surface area contributed by atoms with Gasteiger partial charge in [-0.2, -0.15) is 4.98 Å². The van der Waals surface area contributed by atoms with E-state index in [0.29, 0.717) is 41.6 Å². The number of fused-ring (bicyclic) bond motifs is 1. The second-order valence-corrected chi connectivity index (χ2v) is 6.46. The van der Waals surface area contributed by atoms with E-state index in [1.54, 1.807) is 47.8 Å². The van der Waals surface area contributed by atoms with Gasteiger partial charge in [0.15, 0.2) is 5.58 Å². The molecule has 4 heterocycles. The van der Waals surface area contributed by atoms with Gasteiger partial charge >= 0.3 is 5.76 Å². The Balaban J connectivity index is 1.26. The highest BCUT2D eigenvalue weighted by atomic mass is 16.5. The van der Waals surface area contributed by atoms with Gasteiger partial charge in [0.25, 0.3) is 0 Å². The van der Waals surface area contributed by atoms with Crippen molar-refractivity contribution in [3.05, 3.63) is 59.3 Å². The van der Waals surface area contributed by atoms with Crippen LogP contribution in [0.3, 0.4) is 0 Å². The zero-order valence-electron chi connectivity index (χ0n) is 14.6. The molecule has 1 aliphatic heterocycles. The van der Waals surface area contributed by atoms with Crippen molar-refractivity contribution in [3.63, 3.8) is 0 Å². The van der Waals surface area contributed by atoms with Crippen LogP contribution in [-0.4, -0.2) is 48.6 Å². The summed E-state index contributed by atoms with van der Waals surface area (Å²) in [7, 11) is 0. The summed E-state index contributed by atoms with van der Waals surface area (Å²) in [6.07, 6.45) is 4.67. The molecule has 0 aliphatic carbocycles. The molecule has 4 aromatic rings. The smallest absolute Gasteiger partial charge is 0.408 e. The number of hydrogen-bond donors (Lipinski definition) is 0. The lowest BCUT2D eigenvalue weighted by molar-refractivity contribution is -0.136. The van der Waals surface area contributed by atoms with Crippen LogP contribution in [-0.2, 0) is 11.3 Å². The third-order valence-corrected chi connectivity index (χ3v) is 4.68. The Labute approximate surface area is 157 Å². The van der Waals surface area contributed by atoms with E-state index in [-0.39, 0.29) is 18.4 Å². The summed E-state index contributed by atoms with van der Waals surface area (Å²) in [6.45, 7) is 0.828. The second-order valence-electron chi connectivity index (χ2n) is 6.46. The first kappa shape index (κ1) is 16.4. The van der Waals surface area contributed by atoms with Gasteiger partial charge in [-0.1, -0.05) is 17.3 Å². The Morgan fingerprint density at radius 1 is 1.21 bits per heavy atom. The molecule has 1 aliphatic rings. The molecule has 1 amide bonds. The van der Waals surface area contributed by atoms with Crippen LogP contribution in [0.25, 0.3) is 22.6 Å². The number of para-hydroxylation sites is 2. The number of rotatable bonds is 4. The zero-order valence-corrected chi connectivity index (χ0v) is 14.6. The molecular formula is C18H14N6O4. The molecule has 10 heteroatoms. The molecule has 0 bridgehead atoms. The maximum absolute atomic E-state index is 12.5. The van der Waals surface area contributed by atoms with Gasteiger partial charge in [-0.15, -0.1) is 0 Å². The summed E-state index contributed by atoms with van der Waals surface area (Å²) < 4.78 is 11.8. The number of carbonyl (C=O) groups is 1. The fraction of sp³-hybridized carbons (Fsp3) is 0.222. The molecule has 10 nitrogen and oxygen atoms in total. The van der Waals surface area contributed by atoms with E-state index < -0.39 is 5.76 Å². The van der Waals surface area contributed by atoms with Crippen molar-refractivity contribution in [3.8, 4) is 11.5 Å². The SMILES string of the molecule is O=C(Cn1c(=O)oc2ccccc21)N1CC(c2nc(-c3cnccn3)no2)C1. The van der Waals surface area contributed by atoms with Gasteiger partial charge in [0.1, 0.15) is 12.2 Å². The van der Waals surface area contributed by atoms with Gasteiger partial charge in [-0.25, -0.2) is 9.78 Å². The Morgan fingerprint density at radius 2 is 2.07 bits per heavy atom. The van der Waals surface area contributed by atoms with Crippen molar-refractivity contribution in [1.82, 2.24) is 29.6 Å². The summed E-state index contributed by atoms with van der Waals surface area (Å²) in [4.78, 5) is 38.6. The number of nitrogens with zero attached hydrogens (tertiary/aromatic N) is 6. The van der Waals surface area contributed by atoms with Crippen LogP contribution in [0.15, 0.2) is 56.6 Å². The van der Waals surface area contributed by atoms with Crippen LogP contribution >= 0.6 is 0 Å². The number of benzene rings is 1. The molecular weight excluding hydrogens is 364 g/mol. The molecule has 0 radical (unpaired) electrons. The van der Waals surface area contributed by atoms with E-state index in [0.717, 1.165) is 0 Å². The van der Waals surface area contributed by atoms with Crippen LogP contribution in [0.2, 0.25) is 0 Å². The summed E-state index contributed by atoms with van der Waals surface area (Å²) >= 11 is 0. The number of likely N-dealkylation sites (tertiary alicyclic amines) is 1. The lowest BCUT2D eigenvalue weighted by atomic mass is 10.00. The predicted molar refractivity (Wildman–Crippen MR) is 95.1 cm³/mol. The Bertz CT molecular complexity index is 1210. The zero-order chi connectivity index (χ0) is 19.1. The maximum Gasteiger partial charge on any atom is 0.420 e. The summed E-state index contributed by atoms with van der Waals surface area (Å²) in [6, 6.07) is 7.01. The van der Waals surface area contributed by atoms with E-state index in [4.69, 9.17) is 8.94 Å². The third-order valence-electron chi connectivity index (χ3n) is 4.68. The minimum atomic E-state index is -0.544. The highest BCUT2D eigenvalue weighted by Gasteiger charge is 2.36. The van der Waals surface area contributed by atoms with Crippen molar-refractivity contribution in [2.45, 2.75) is 12.5 Å². The monoisotopic (exact) mass is 378 g/mol. The lowest BCUT2D eigenvalue weighted by Crippen LogP contribution is -2.50. The molecule has 1 saturated heterocycles. The average molecular weight is 378 g/mol. The van der Waals surface area contributed by atoms with Crippen LogP contribution in [0.4, 0.5) is 0 Å². The van der Waals surface area contributed by atoms with Crippen LogP contribution in [0.1, 0.15) is 11.8 Å². The molecule has 5 rings (SSSR count). The van der Waals surface area contributed by atoms with Gasteiger partial charge in [-0.05, 0) is 12.1 Å². The van der Waals surface area contributed by atoms with Crippen molar-refractivity contribution in [1.29, 1.82) is 0 Å². The molecule has 1 aromatic carbocycles. The number of carbonyl (C=O) groups excluding carboxylic acids is 1. The first-order chi connectivity index (χ1) is 13.7. The molecule has 0 unspecified atom stereocenters. The van der Waals surface area contributed by atoms with Crippen LogP contribution < -0.4 is 5.76 Å². The van der Waals surface area contributed by atoms with Gasteiger partial charge in [0, 0.05) is 25.5 Å². The van der Waals surface area contributed by atoms with E-state index in [2.05, 4.69) is 20.1 Å². The fourth-order valence-corrected chi connectivity index (χ4v) is 3.16.